The zero-order chi connectivity index (χ0) is 26.4. The molecule has 36 heavy (non-hydrogen) atoms. The maximum atomic E-state index is 13.0. The van der Waals surface area contributed by atoms with Crippen molar-refractivity contribution in [3.8, 4) is 0 Å². The Hall–Kier alpha value is -2.62. The van der Waals surface area contributed by atoms with Gasteiger partial charge in [-0.3, -0.25) is 14.4 Å². The minimum atomic E-state index is -1.11. The number of aliphatic hydroxyl groups excluding tert-OH is 1. The molecule has 1 unspecified atom stereocenters. The van der Waals surface area contributed by atoms with Gasteiger partial charge in [0.2, 0.25) is 17.7 Å². The molecular weight excluding hydrogens is 509 g/mol. The Morgan fingerprint density at radius 1 is 1.14 bits per heavy atom. The van der Waals surface area contributed by atoms with Gasteiger partial charge in [-0.15, -0.1) is 0 Å². The highest BCUT2D eigenvalue weighted by atomic mass is 35.5. The summed E-state index contributed by atoms with van der Waals surface area (Å²) in [6.07, 6.45) is 2.75. The van der Waals surface area contributed by atoms with Gasteiger partial charge in [0, 0.05) is 45.2 Å². The minimum Gasteiger partial charge on any atom is -0.467 e. The lowest BCUT2D eigenvalue weighted by Crippen LogP contribution is -2.51. The van der Waals surface area contributed by atoms with Gasteiger partial charge in [-0.05, 0) is 36.1 Å². The van der Waals surface area contributed by atoms with Crippen molar-refractivity contribution in [2.24, 2.45) is 5.92 Å². The van der Waals surface area contributed by atoms with Crippen molar-refractivity contribution in [2.45, 2.75) is 38.3 Å². The Morgan fingerprint density at radius 3 is 2.56 bits per heavy atom. The van der Waals surface area contributed by atoms with Crippen LogP contribution in [0.4, 0.5) is 0 Å². The van der Waals surface area contributed by atoms with Crippen molar-refractivity contribution in [1.29, 1.82) is 0 Å². The number of esters is 1. The fraction of sp³-hybridized carbons (Fsp3) is 0.520. The van der Waals surface area contributed by atoms with Crippen LogP contribution in [0.5, 0.6) is 0 Å². The van der Waals surface area contributed by atoms with Crippen molar-refractivity contribution in [3.05, 3.63) is 39.9 Å². The van der Waals surface area contributed by atoms with Crippen LogP contribution in [0.25, 0.3) is 6.08 Å². The van der Waals surface area contributed by atoms with Crippen LogP contribution < -0.4 is 0 Å². The molecule has 0 spiro atoms. The topological polar surface area (TPSA) is 107 Å². The number of ether oxygens (including phenoxy) is 1. The first-order valence-corrected chi connectivity index (χ1v) is 12.6. The quantitative estimate of drug-likeness (QED) is 0.438. The minimum absolute atomic E-state index is 0.00744. The first kappa shape index (κ1) is 28.0. The summed E-state index contributed by atoms with van der Waals surface area (Å²) >= 11 is 11.9. The Morgan fingerprint density at radius 2 is 1.89 bits per heavy atom. The van der Waals surface area contributed by atoms with Crippen LogP contribution in [-0.2, 0) is 23.9 Å². The van der Waals surface area contributed by atoms with E-state index in [4.69, 9.17) is 27.9 Å². The molecule has 2 fully saturated rings. The lowest BCUT2D eigenvalue weighted by Gasteiger charge is -2.36. The molecule has 2 heterocycles. The molecule has 0 radical (unpaired) electrons. The third-order valence-corrected chi connectivity index (χ3v) is 7.15. The van der Waals surface area contributed by atoms with E-state index in [1.807, 2.05) is 6.92 Å². The standard InChI is InChI=1S/C25H31Cl2N3O6/c1-16-11-18(31)15-29(14-16)24(34)13-21(25(35)36-2)30-10-9-28(8-7-23(30)33)22(32)6-4-17-3-5-19(26)20(27)12-17/h3-6,12,16,18,21,31H,7-11,13-15H2,1-2H3/t16-,18-,21?/m0/s1. The monoisotopic (exact) mass is 539 g/mol. The molecule has 3 amide bonds. The van der Waals surface area contributed by atoms with Crippen LogP contribution in [0.2, 0.25) is 10.0 Å². The van der Waals surface area contributed by atoms with Gasteiger partial charge in [-0.2, -0.15) is 0 Å². The number of benzene rings is 1. The Balaban J connectivity index is 1.67. The summed E-state index contributed by atoms with van der Waals surface area (Å²) in [5.41, 5.74) is 0.701. The predicted molar refractivity (Wildman–Crippen MR) is 135 cm³/mol. The number of aliphatic hydroxyl groups is 1. The van der Waals surface area contributed by atoms with Gasteiger partial charge < -0.3 is 24.5 Å². The first-order chi connectivity index (χ1) is 17.1. The SMILES string of the molecule is COC(=O)C(CC(=O)N1C[C@@H](C)C[C@H](O)C1)N1CCN(C(=O)C=Cc2ccc(Cl)c(Cl)c2)CCC1=O. The van der Waals surface area contributed by atoms with Crippen molar-refractivity contribution in [1.82, 2.24) is 14.7 Å². The molecule has 1 aromatic rings. The number of hydrogen-bond acceptors (Lipinski definition) is 6. The highest BCUT2D eigenvalue weighted by Crippen LogP contribution is 2.23. The number of methoxy groups -OCH3 is 1. The zero-order valence-electron chi connectivity index (χ0n) is 20.4. The van der Waals surface area contributed by atoms with Crippen molar-refractivity contribution >= 4 is 53.0 Å². The van der Waals surface area contributed by atoms with Gasteiger partial charge in [0.05, 0.1) is 29.7 Å². The number of amides is 3. The summed E-state index contributed by atoms with van der Waals surface area (Å²) < 4.78 is 4.90. The number of likely N-dealkylation sites (tertiary alicyclic amines) is 1. The van der Waals surface area contributed by atoms with Gasteiger partial charge in [0.15, 0.2) is 0 Å². The fourth-order valence-electron chi connectivity index (χ4n) is 4.55. The van der Waals surface area contributed by atoms with E-state index in [0.717, 1.165) is 0 Å². The summed E-state index contributed by atoms with van der Waals surface area (Å²) in [7, 11) is 1.21. The molecule has 9 nitrogen and oxygen atoms in total. The number of nitrogens with zero attached hydrogens (tertiary/aromatic N) is 3. The fourth-order valence-corrected chi connectivity index (χ4v) is 4.86. The van der Waals surface area contributed by atoms with Gasteiger partial charge in [-0.25, -0.2) is 4.79 Å². The Bertz CT molecular complexity index is 1020. The van der Waals surface area contributed by atoms with Crippen LogP contribution in [0.3, 0.4) is 0 Å². The number of halogens is 2. The second-order valence-electron chi connectivity index (χ2n) is 9.21. The number of carbonyl (C=O) groups is 4. The molecule has 0 aliphatic carbocycles. The number of hydrogen-bond donors (Lipinski definition) is 1. The van der Waals surface area contributed by atoms with Gasteiger partial charge in [-0.1, -0.05) is 36.2 Å². The molecule has 2 aliphatic heterocycles. The molecule has 11 heteroatoms. The smallest absolute Gasteiger partial charge is 0.329 e. The molecular formula is C25H31Cl2N3O6. The normalized spacial score (nSPS) is 21.9. The number of carbonyl (C=O) groups excluding carboxylic acids is 4. The largest absolute Gasteiger partial charge is 0.467 e. The van der Waals surface area contributed by atoms with Gasteiger partial charge in [0.1, 0.15) is 6.04 Å². The maximum absolute atomic E-state index is 13.0. The van der Waals surface area contributed by atoms with E-state index >= 15 is 0 Å². The van der Waals surface area contributed by atoms with E-state index in [9.17, 15) is 24.3 Å². The third-order valence-electron chi connectivity index (χ3n) is 6.41. The Kier molecular flexibility index (Phi) is 9.76. The summed E-state index contributed by atoms with van der Waals surface area (Å²) in [4.78, 5) is 55.6. The van der Waals surface area contributed by atoms with Gasteiger partial charge in [0.25, 0.3) is 0 Å². The number of piperidine rings is 1. The van der Waals surface area contributed by atoms with Crippen molar-refractivity contribution in [3.63, 3.8) is 0 Å². The molecule has 0 aromatic heterocycles. The van der Waals surface area contributed by atoms with E-state index in [1.165, 1.54) is 27.9 Å². The lowest BCUT2D eigenvalue weighted by molar-refractivity contribution is -0.156. The van der Waals surface area contributed by atoms with E-state index in [1.54, 1.807) is 24.3 Å². The summed E-state index contributed by atoms with van der Waals surface area (Å²) in [6.45, 7) is 3.07. The highest BCUT2D eigenvalue weighted by Gasteiger charge is 2.37. The Labute approximate surface area is 220 Å². The highest BCUT2D eigenvalue weighted by molar-refractivity contribution is 6.42. The predicted octanol–water partition coefficient (Wildman–Crippen LogP) is 2.23. The third kappa shape index (κ3) is 7.21. The molecule has 2 aliphatic rings. The first-order valence-electron chi connectivity index (χ1n) is 11.8. The number of rotatable bonds is 6. The molecule has 1 aromatic carbocycles. The summed E-state index contributed by atoms with van der Waals surface area (Å²) in [5.74, 6) is -1.52. The molecule has 196 valence electrons. The maximum Gasteiger partial charge on any atom is 0.329 e. The van der Waals surface area contributed by atoms with E-state index < -0.39 is 18.1 Å². The summed E-state index contributed by atoms with van der Waals surface area (Å²) in [5, 5.41) is 10.8. The van der Waals surface area contributed by atoms with Crippen molar-refractivity contribution < 1.29 is 29.0 Å². The van der Waals surface area contributed by atoms with Gasteiger partial charge >= 0.3 is 5.97 Å². The van der Waals surface area contributed by atoms with Crippen LogP contribution >= 0.6 is 23.2 Å². The molecule has 3 rings (SSSR count). The van der Waals surface area contributed by atoms with Crippen LogP contribution in [0.1, 0.15) is 31.7 Å². The van der Waals surface area contributed by atoms with E-state index in [-0.39, 0.29) is 62.7 Å². The molecule has 2 saturated heterocycles. The summed E-state index contributed by atoms with van der Waals surface area (Å²) in [6, 6.07) is 3.90. The zero-order valence-corrected chi connectivity index (χ0v) is 21.9. The second kappa shape index (κ2) is 12.6. The van der Waals surface area contributed by atoms with Crippen LogP contribution in [0.15, 0.2) is 24.3 Å². The molecule has 1 N–H and O–H groups in total. The lowest BCUT2D eigenvalue weighted by atomic mass is 9.97. The van der Waals surface area contributed by atoms with Crippen molar-refractivity contribution in [2.75, 3.05) is 39.8 Å². The average Bonchev–Trinajstić information content (AvgIpc) is 3.03. The van der Waals surface area contributed by atoms with Crippen LogP contribution in [-0.4, -0.2) is 95.5 Å². The van der Waals surface area contributed by atoms with E-state index in [0.29, 0.717) is 28.6 Å². The van der Waals surface area contributed by atoms with E-state index in [2.05, 4.69) is 0 Å². The average molecular weight is 540 g/mol. The molecule has 0 saturated carbocycles. The molecule has 3 atom stereocenters. The molecule has 0 bridgehead atoms. The van der Waals surface area contributed by atoms with Crippen LogP contribution in [0, 0.1) is 5.92 Å². The number of β-amino-alcohol motifs (C(OH)–C–C–N with tert-alkyl or cyclic N) is 1. The second-order valence-corrected chi connectivity index (χ2v) is 10.0.